The maximum atomic E-state index is 13.7. The van der Waals surface area contributed by atoms with Crippen LogP contribution in [0.15, 0.2) is 40.9 Å². The topological polar surface area (TPSA) is 46.2 Å². The van der Waals surface area contributed by atoms with Crippen LogP contribution in [0.25, 0.3) is 6.08 Å². The zero-order valence-electron chi connectivity index (χ0n) is 18.9. The molecule has 13 heteroatoms. The molecule has 0 saturated heterocycles. The van der Waals surface area contributed by atoms with E-state index >= 15 is 0 Å². The SMILES string of the molecule is CC(CNC(=O)CC(F)(F)F)CC(=O)c1ccc(/C=C/C(c2cc(Cl)c(Cl)c(Cl)c2)C(F)(F)F)cc1Br. The van der Waals surface area contributed by atoms with Crippen molar-refractivity contribution >= 4 is 68.5 Å². The minimum Gasteiger partial charge on any atom is -0.356 e. The number of carbonyl (C=O) groups excluding carboxylic acids is 2. The third kappa shape index (κ3) is 9.81. The van der Waals surface area contributed by atoms with Gasteiger partial charge >= 0.3 is 12.4 Å². The highest BCUT2D eigenvalue weighted by Crippen LogP contribution is 2.41. The summed E-state index contributed by atoms with van der Waals surface area (Å²) in [6.07, 6.45) is -8.82. The molecule has 0 aliphatic carbocycles. The van der Waals surface area contributed by atoms with Gasteiger partial charge in [0.05, 0.1) is 21.0 Å². The number of halogens is 10. The zero-order valence-corrected chi connectivity index (χ0v) is 22.8. The van der Waals surface area contributed by atoms with Crippen LogP contribution < -0.4 is 5.32 Å². The minimum absolute atomic E-state index is 0.0563. The number of rotatable bonds is 9. The van der Waals surface area contributed by atoms with Crippen molar-refractivity contribution in [2.75, 3.05) is 6.54 Å². The maximum absolute atomic E-state index is 13.7. The summed E-state index contributed by atoms with van der Waals surface area (Å²) in [4.78, 5) is 23.9. The smallest absolute Gasteiger partial charge is 0.356 e. The van der Waals surface area contributed by atoms with Gasteiger partial charge in [-0.15, -0.1) is 0 Å². The third-order valence-corrected chi connectivity index (χ3v) is 6.89. The van der Waals surface area contributed by atoms with Crippen molar-refractivity contribution in [2.45, 2.75) is 38.0 Å². The number of nitrogens with one attached hydrogen (secondary N) is 1. The molecule has 202 valence electrons. The molecule has 2 aromatic carbocycles. The molecule has 0 aromatic heterocycles. The first-order valence-corrected chi connectivity index (χ1v) is 12.5. The summed E-state index contributed by atoms with van der Waals surface area (Å²) >= 11 is 20.8. The van der Waals surface area contributed by atoms with Gasteiger partial charge < -0.3 is 5.32 Å². The average Bonchev–Trinajstić information content (AvgIpc) is 2.74. The van der Waals surface area contributed by atoms with Gasteiger partial charge in [0.25, 0.3) is 0 Å². The Balaban J connectivity index is 2.12. The number of allylic oxidation sites excluding steroid dienone is 1. The van der Waals surface area contributed by atoms with E-state index in [0.717, 1.165) is 18.2 Å². The molecule has 1 amide bonds. The van der Waals surface area contributed by atoms with Gasteiger partial charge in [-0.25, -0.2) is 0 Å². The largest absolute Gasteiger partial charge is 0.399 e. The van der Waals surface area contributed by atoms with Crippen LogP contribution in [0.1, 0.15) is 47.2 Å². The lowest BCUT2D eigenvalue weighted by atomic mass is 9.96. The quantitative estimate of drug-likeness (QED) is 0.167. The number of hydrogen-bond donors (Lipinski definition) is 1. The van der Waals surface area contributed by atoms with E-state index < -0.39 is 36.5 Å². The van der Waals surface area contributed by atoms with Crippen molar-refractivity contribution in [3.63, 3.8) is 0 Å². The van der Waals surface area contributed by atoms with Crippen molar-refractivity contribution < 1.29 is 35.9 Å². The zero-order chi connectivity index (χ0) is 28.1. The van der Waals surface area contributed by atoms with Gasteiger partial charge in [0.2, 0.25) is 5.91 Å². The molecule has 2 unspecified atom stereocenters. The fraction of sp³-hybridized carbons (Fsp3) is 0.333. The van der Waals surface area contributed by atoms with Gasteiger partial charge in [-0.05, 0) is 41.3 Å². The van der Waals surface area contributed by atoms with Crippen molar-refractivity contribution in [3.8, 4) is 0 Å². The van der Waals surface area contributed by atoms with Crippen LogP contribution in [0, 0.1) is 5.92 Å². The summed E-state index contributed by atoms with van der Waals surface area (Å²) in [5.41, 5.74) is 0.385. The molecule has 0 radical (unpaired) electrons. The monoisotopic (exact) mass is 651 g/mol. The van der Waals surface area contributed by atoms with E-state index in [4.69, 9.17) is 34.8 Å². The summed E-state index contributed by atoms with van der Waals surface area (Å²) in [6.45, 7) is 1.46. The summed E-state index contributed by atoms with van der Waals surface area (Å²) in [6, 6.07) is 6.49. The average molecular weight is 654 g/mol. The van der Waals surface area contributed by atoms with E-state index in [1.54, 1.807) is 6.92 Å². The van der Waals surface area contributed by atoms with E-state index in [1.807, 2.05) is 0 Å². The molecule has 2 atom stereocenters. The van der Waals surface area contributed by atoms with E-state index in [1.165, 1.54) is 24.3 Å². The molecule has 0 saturated carbocycles. The van der Waals surface area contributed by atoms with Crippen molar-refractivity contribution in [1.82, 2.24) is 5.32 Å². The molecular formula is C24H19BrCl3F6NO2. The second-order valence-electron chi connectivity index (χ2n) is 8.24. The summed E-state index contributed by atoms with van der Waals surface area (Å²) in [7, 11) is 0. The number of amides is 1. The number of hydrogen-bond acceptors (Lipinski definition) is 2. The Morgan fingerprint density at radius 3 is 2.14 bits per heavy atom. The van der Waals surface area contributed by atoms with Crippen LogP contribution in [0.5, 0.6) is 0 Å². The highest BCUT2D eigenvalue weighted by molar-refractivity contribution is 9.10. The Kier molecular flexibility index (Phi) is 10.9. The van der Waals surface area contributed by atoms with Crippen LogP contribution in [0.4, 0.5) is 26.3 Å². The second-order valence-corrected chi connectivity index (χ2v) is 10.3. The molecule has 1 N–H and O–H groups in total. The van der Waals surface area contributed by atoms with Gasteiger partial charge in [-0.1, -0.05) is 75.9 Å². The molecule has 3 nitrogen and oxygen atoms in total. The molecule has 0 aliphatic heterocycles. The molecule has 2 rings (SSSR count). The summed E-state index contributed by atoms with van der Waals surface area (Å²) in [5.74, 6) is -4.04. The summed E-state index contributed by atoms with van der Waals surface area (Å²) < 4.78 is 78.2. The Bertz CT molecular complexity index is 1160. The van der Waals surface area contributed by atoms with Crippen LogP contribution in [-0.4, -0.2) is 30.6 Å². The van der Waals surface area contributed by atoms with Crippen molar-refractivity contribution in [3.05, 3.63) is 72.6 Å². The lowest BCUT2D eigenvalue weighted by Gasteiger charge is -2.18. The second kappa shape index (κ2) is 12.9. The molecule has 0 bridgehead atoms. The number of benzene rings is 2. The van der Waals surface area contributed by atoms with Crippen LogP contribution in [0.2, 0.25) is 15.1 Å². The highest BCUT2D eigenvalue weighted by Gasteiger charge is 2.39. The third-order valence-electron chi connectivity index (χ3n) is 5.04. The number of ketones is 1. The fourth-order valence-electron chi connectivity index (χ4n) is 3.26. The van der Waals surface area contributed by atoms with Crippen molar-refractivity contribution in [1.29, 1.82) is 0 Å². The van der Waals surface area contributed by atoms with Crippen molar-refractivity contribution in [2.24, 2.45) is 5.92 Å². The van der Waals surface area contributed by atoms with Gasteiger partial charge in [0, 0.05) is 23.0 Å². The molecule has 0 aliphatic rings. The Morgan fingerprint density at radius 1 is 1.03 bits per heavy atom. The first-order chi connectivity index (χ1) is 17.0. The molecule has 37 heavy (non-hydrogen) atoms. The predicted molar refractivity (Wildman–Crippen MR) is 135 cm³/mol. The molecular weight excluding hydrogens is 635 g/mol. The Labute approximate surface area is 232 Å². The van der Waals surface area contributed by atoms with Gasteiger partial charge in [-0.3, -0.25) is 9.59 Å². The van der Waals surface area contributed by atoms with E-state index in [9.17, 15) is 35.9 Å². The van der Waals surface area contributed by atoms with E-state index in [0.29, 0.717) is 10.0 Å². The minimum atomic E-state index is -4.66. The first-order valence-electron chi connectivity index (χ1n) is 10.5. The van der Waals surface area contributed by atoms with Gasteiger partial charge in [0.1, 0.15) is 6.42 Å². The van der Waals surface area contributed by atoms with Crippen LogP contribution >= 0.6 is 50.7 Å². The summed E-state index contributed by atoms with van der Waals surface area (Å²) in [5, 5.41) is 1.84. The highest BCUT2D eigenvalue weighted by atomic mass is 79.9. The van der Waals surface area contributed by atoms with Gasteiger partial charge in [-0.2, -0.15) is 26.3 Å². The van der Waals surface area contributed by atoms with Crippen LogP contribution in [-0.2, 0) is 4.79 Å². The number of Topliss-reactive ketones (excluding diaryl/α,β-unsaturated/α-hetero) is 1. The number of carbonyl (C=O) groups is 2. The lowest BCUT2D eigenvalue weighted by Crippen LogP contribution is -2.32. The standard InChI is InChI=1S/C24H19BrCl3F6NO2/c1-12(11-35-21(37)10-23(29,30)31)6-20(36)15-4-2-13(7-17(15)25)3-5-16(24(32,33)34)14-8-18(26)22(28)19(27)9-14/h2-5,7-9,12,16H,6,10-11H2,1H3,(H,35,37)/b5-3+. The van der Waals surface area contributed by atoms with E-state index in [2.05, 4.69) is 21.2 Å². The molecule has 0 fully saturated rings. The number of alkyl halides is 6. The fourth-order valence-corrected chi connectivity index (χ4v) is 4.49. The molecule has 2 aromatic rings. The molecule has 0 spiro atoms. The van der Waals surface area contributed by atoms with Crippen LogP contribution in [0.3, 0.4) is 0 Å². The Hall–Kier alpha value is -1.75. The normalized spacial score (nSPS) is 14.0. The lowest BCUT2D eigenvalue weighted by molar-refractivity contribution is -0.153. The first kappa shape index (κ1) is 31.5. The predicted octanol–water partition coefficient (Wildman–Crippen LogP) is 9.05. The van der Waals surface area contributed by atoms with E-state index in [-0.39, 0.29) is 44.9 Å². The van der Waals surface area contributed by atoms with Gasteiger partial charge in [0.15, 0.2) is 5.78 Å². The Morgan fingerprint density at radius 2 is 1.62 bits per heavy atom. The maximum Gasteiger partial charge on any atom is 0.399 e. The molecule has 0 heterocycles.